The van der Waals surface area contributed by atoms with Crippen LogP contribution in [0.1, 0.15) is 25.0 Å². The summed E-state index contributed by atoms with van der Waals surface area (Å²) >= 11 is 0. The van der Waals surface area contributed by atoms with Gasteiger partial charge in [-0.15, -0.1) is 0 Å². The number of para-hydroxylation sites is 3. The molecular formula is C55H40N2. The first kappa shape index (κ1) is 33.2. The molecule has 11 rings (SSSR count). The number of anilines is 3. The second kappa shape index (κ2) is 13.0. The van der Waals surface area contributed by atoms with Crippen LogP contribution in [0.4, 0.5) is 17.1 Å². The minimum atomic E-state index is -0.112. The summed E-state index contributed by atoms with van der Waals surface area (Å²) in [6.45, 7) is 4.71. The van der Waals surface area contributed by atoms with E-state index in [1.54, 1.807) is 0 Å². The van der Waals surface area contributed by atoms with Crippen molar-refractivity contribution in [2.75, 3.05) is 4.90 Å². The van der Waals surface area contributed by atoms with Gasteiger partial charge in [0.15, 0.2) is 0 Å². The van der Waals surface area contributed by atoms with Crippen molar-refractivity contribution in [3.8, 4) is 39.1 Å². The molecule has 0 bridgehead atoms. The van der Waals surface area contributed by atoms with E-state index in [0.717, 1.165) is 17.1 Å². The standard InChI is InChI=1S/C55H40N2/c1-55(2)50-25-9-5-21-46(50)47-34-33-42(36-51(47)55)56(41-18-13-17-39(35-41)44-24-14-16-37-15-3-4-19-43(37)44)40-31-29-38(30-32-40)45-20-6-10-26-52(45)57-53-27-11-7-22-48(53)49-23-8-12-28-54(49)57/h3-36H,1-2H3. The fourth-order valence-electron chi connectivity index (χ4n) is 9.45. The maximum Gasteiger partial charge on any atom is 0.0541 e. The summed E-state index contributed by atoms with van der Waals surface area (Å²) in [6.07, 6.45) is 0. The lowest BCUT2D eigenvalue weighted by molar-refractivity contribution is 0.660. The van der Waals surface area contributed by atoms with E-state index in [2.05, 4.69) is 230 Å². The van der Waals surface area contributed by atoms with E-state index in [1.165, 1.54) is 82.8 Å². The van der Waals surface area contributed by atoms with Crippen LogP contribution in [-0.4, -0.2) is 4.57 Å². The zero-order chi connectivity index (χ0) is 38.1. The van der Waals surface area contributed by atoms with Crippen LogP contribution in [0.15, 0.2) is 206 Å². The molecule has 0 saturated carbocycles. The first-order valence-electron chi connectivity index (χ1n) is 19.9. The van der Waals surface area contributed by atoms with E-state index in [-0.39, 0.29) is 5.41 Å². The van der Waals surface area contributed by atoms with E-state index in [9.17, 15) is 0 Å². The predicted octanol–water partition coefficient (Wildman–Crippen LogP) is 15.0. The van der Waals surface area contributed by atoms with Gasteiger partial charge >= 0.3 is 0 Å². The van der Waals surface area contributed by atoms with Crippen molar-refractivity contribution < 1.29 is 0 Å². The van der Waals surface area contributed by atoms with E-state index in [0.29, 0.717) is 0 Å². The Bertz CT molecular complexity index is 3100. The maximum absolute atomic E-state index is 2.43. The molecule has 1 aliphatic carbocycles. The van der Waals surface area contributed by atoms with Crippen LogP contribution < -0.4 is 4.90 Å². The topological polar surface area (TPSA) is 8.17 Å². The Kier molecular flexibility index (Phi) is 7.55. The predicted molar refractivity (Wildman–Crippen MR) is 241 cm³/mol. The number of benzene rings is 9. The van der Waals surface area contributed by atoms with E-state index >= 15 is 0 Å². The summed E-state index contributed by atoms with van der Waals surface area (Å²) in [5.74, 6) is 0. The van der Waals surface area contributed by atoms with Gasteiger partial charge in [0.2, 0.25) is 0 Å². The highest BCUT2D eigenvalue weighted by Gasteiger charge is 2.35. The van der Waals surface area contributed by atoms with Gasteiger partial charge in [0.05, 0.1) is 16.7 Å². The molecule has 0 atom stereocenters. The van der Waals surface area contributed by atoms with Crippen molar-refractivity contribution in [2.45, 2.75) is 19.3 Å². The highest BCUT2D eigenvalue weighted by Crippen LogP contribution is 2.51. The number of fused-ring (bicyclic) bond motifs is 7. The molecule has 1 aromatic heterocycles. The second-order valence-corrected chi connectivity index (χ2v) is 15.7. The molecule has 2 nitrogen and oxygen atoms in total. The summed E-state index contributed by atoms with van der Waals surface area (Å²) < 4.78 is 2.42. The Balaban J connectivity index is 1.06. The lowest BCUT2D eigenvalue weighted by Crippen LogP contribution is -2.16. The zero-order valence-corrected chi connectivity index (χ0v) is 32.0. The summed E-state index contributed by atoms with van der Waals surface area (Å²) in [5.41, 5.74) is 17.0. The average Bonchev–Trinajstić information content (AvgIpc) is 3.72. The maximum atomic E-state index is 2.43. The van der Waals surface area contributed by atoms with Gasteiger partial charge in [0, 0.05) is 38.8 Å². The van der Waals surface area contributed by atoms with E-state index < -0.39 is 0 Å². The van der Waals surface area contributed by atoms with Crippen molar-refractivity contribution in [2.24, 2.45) is 0 Å². The van der Waals surface area contributed by atoms with Gasteiger partial charge in [0.1, 0.15) is 0 Å². The fourth-order valence-corrected chi connectivity index (χ4v) is 9.45. The molecular weight excluding hydrogens is 689 g/mol. The molecule has 0 saturated heterocycles. The van der Waals surface area contributed by atoms with Crippen molar-refractivity contribution in [1.82, 2.24) is 4.57 Å². The van der Waals surface area contributed by atoms with Gasteiger partial charge in [0.25, 0.3) is 0 Å². The largest absolute Gasteiger partial charge is 0.310 e. The molecule has 2 heteroatoms. The molecule has 1 heterocycles. The molecule has 10 aromatic rings. The number of aromatic nitrogens is 1. The Hall–Kier alpha value is -7.16. The Morgan fingerprint density at radius 1 is 0.368 bits per heavy atom. The van der Waals surface area contributed by atoms with Gasteiger partial charge in [-0.1, -0.05) is 166 Å². The summed E-state index contributed by atoms with van der Waals surface area (Å²) in [7, 11) is 0. The van der Waals surface area contributed by atoms with Crippen LogP contribution in [0.2, 0.25) is 0 Å². The summed E-state index contributed by atoms with van der Waals surface area (Å²) in [5, 5.41) is 5.03. The Morgan fingerprint density at radius 3 is 1.72 bits per heavy atom. The van der Waals surface area contributed by atoms with Gasteiger partial charge in [-0.25, -0.2) is 0 Å². The second-order valence-electron chi connectivity index (χ2n) is 15.7. The van der Waals surface area contributed by atoms with Crippen LogP contribution >= 0.6 is 0 Å². The summed E-state index contributed by atoms with van der Waals surface area (Å²) in [4.78, 5) is 2.43. The van der Waals surface area contributed by atoms with E-state index in [1.807, 2.05) is 0 Å². The van der Waals surface area contributed by atoms with Gasteiger partial charge in [-0.2, -0.15) is 0 Å². The summed E-state index contributed by atoms with van der Waals surface area (Å²) in [6, 6.07) is 75.6. The lowest BCUT2D eigenvalue weighted by atomic mass is 9.82. The normalized spacial score (nSPS) is 12.9. The molecule has 0 aliphatic heterocycles. The molecule has 0 N–H and O–H groups in total. The number of hydrogen-bond donors (Lipinski definition) is 0. The first-order chi connectivity index (χ1) is 28.0. The molecule has 270 valence electrons. The molecule has 0 unspecified atom stereocenters. The van der Waals surface area contributed by atoms with Gasteiger partial charge in [-0.05, 0) is 104 Å². The smallest absolute Gasteiger partial charge is 0.0541 e. The minimum Gasteiger partial charge on any atom is -0.310 e. The third-order valence-corrected chi connectivity index (χ3v) is 12.2. The van der Waals surface area contributed by atoms with E-state index in [4.69, 9.17) is 0 Å². The van der Waals surface area contributed by atoms with Gasteiger partial charge < -0.3 is 9.47 Å². The highest BCUT2D eigenvalue weighted by molar-refractivity contribution is 6.09. The number of hydrogen-bond acceptors (Lipinski definition) is 1. The van der Waals surface area contributed by atoms with Crippen LogP contribution in [0.5, 0.6) is 0 Å². The Labute approximate surface area is 333 Å². The quantitative estimate of drug-likeness (QED) is 0.165. The van der Waals surface area contributed by atoms with Crippen molar-refractivity contribution in [1.29, 1.82) is 0 Å². The molecule has 9 aromatic carbocycles. The minimum absolute atomic E-state index is 0.112. The third-order valence-electron chi connectivity index (χ3n) is 12.2. The fraction of sp³-hybridized carbons (Fsp3) is 0.0545. The molecule has 0 amide bonds. The van der Waals surface area contributed by atoms with Crippen LogP contribution in [-0.2, 0) is 5.41 Å². The molecule has 57 heavy (non-hydrogen) atoms. The highest BCUT2D eigenvalue weighted by atomic mass is 15.1. The number of rotatable bonds is 6. The molecule has 0 fully saturated rings. The lowest BCUT2D eigenvalue weighted by Gasteiger charge is -2.28. The first-order valence-corrected chi connectivity index (χ1v) is 19.9. The van der Waals surface area contributed by atoms with Crippen molar-refractivity contribution >= 4 is 49.6 Å². The average molecular weight is 729 g/mol. The van der Waals surface area contributed by atoms with Gasteiger partial charge in [-0.3, -0.25) is 0 Å². The third kappa shape index (κ3) is 5.25. The Morgan fingerprint density at radius 2 is 0.930 bits per heavy atom. The van der Waals surface area contributed by atoms with Crippen LogP contribution in [0.25, 0.3) is 71.6 Å². The zero-order valence-electron chi connectivity index (χ0n) is 32.0. The SMILES string of the molecule is CC1(C)c2ccccc2-c2ccc(N(c3ccc(-c4ccccc4-n4c5ccccc5c5ccccc54)cc3)c3cccc(-c4cccc5ccccc45)c3)cc21. The van der Waals surface area contributed by atoms with Crippen molar-refractivity contribution in [3.05, 3.63) is 217 Å². The van der Waals surface area contributed by atoms with Crippen LogP contribution in [0.3, 0.4) is 0 Å². The molecule has 1 aliphatic rings. The molecule has 0 spiro atoms. The number of nitrogens with zero attached hydrogens (tertiary/aromatic N) is 2. The molecule has 0 radical (unpaired) electrons. The van der Waals surface area contributed by atoms with Crippen molar-refractivity contribution in [3.63, 3.8) is 0 Å². The van der Waals surface area contributed by atoms with Crippen LogP contribution in [0, 0.1) is 0 Å². The monoisotopic (exact) mass is 728 g/mol.